The number of fused-ring (bicyclic) bond motifs is 1. The molecular formula is C34H50N6O9S. The second kappa shape index (κ2) is 15.6. The zero-order valence-electron chi connectivity index (χ0n) is 30.2. The van der Waals surface area contributed by atoms with Gasteiger partial charge in [0.2, 0.25) is 11.8 Å². The van der Waals surface area contributed by atoms with E-state index in [0.29, 0.717) is 11.1 Å². The summed E-state index contributed by atoms with van der Waals surface area (Å²) in [6.07, 6.45) is 0.379. The van der Waals surface area contributed by atoms with Crippen molar-refractivity contribution < 1.29 is 41.8 Å². The molecule has 1 fully saturated rings. The lowest BCUT2D eigenvalue weighted by molar-refractivity contribution is -0.135. The maximum absolute atomic E-state index is 13.5. The van der Waals surface area contributed by atoms with Gasteiger partial charge in [0, 0.05) is 49.0 Å². The smallest absolute Gasteiger partial charge is 0.408 e. The maximum Gasteiger partial charge on any atom is 0.408 e. The van der Waals surface area contributed by atoms with Gasteiger partial charge in [-0.05, 0) is 63.3 Å². The molecule has 0 aliphatic heterocycles. The highest BCUT2D eigenvalue weighted by atomic mass is 32.2. The highest BCUT2D eigenvalue weighted by Gasteiger charge is 2.60. The Labute approximate surface area is 294 Å². The van der Waals surface area contributed by atoms with Crippen molar-refractivity contribution >= 4 is 44.8 Å². The van der Waals surface area contributed by atoms with Crippen LogP contribution in [0.15, 0.2) is 43.1 Å². The summed E-state index contributed by atoms with van der Waals surface area (Å²) in [4.78, 5) is 56.8. The molecule has 4 N–H and O–H groups in total. The Hall–Kier alpha value is -4.44. The second-order valence-corrected chi connectivity index (χ2v) is 16.4. The molecule has 0 spiro atoms. The summed E-state index contributed by atoms with van der Waals surface area (Å²) >= 11 is 0. The molecule has 2 aromatic rings. The van der Waals surface area contributed by atoms with E-state index in [1.807, 2.05) is 10.8 Å². The zero-order chi connectivity index (χ0) is 37.7. The van der Waals surface area contributed by atoms with Crippen LogP contribution in [-0.4, -0.2) is 92.6 Å². The van der Waals surface area contributed by atoms with E-state index >= 15 is 0 Å². The number of benzene rings is 1. The van der Waals surface area contributed by atoms with Gasteiger partial charge in [-0.3, -0.25) is 14.4 Å². The largest absolute Gasteiger partial charge is 0.497 e. The number of amides is 4. The third kappa shape index (κ3) is 10.5. The normalized spacial score (nSPS) is 18.7. The third-order valence-corrected chi connectivity index (χ3v) is 9.31. The number of pyridine rings is 1. The quantitative estimate of drug-likeness (QED) is 0.199. The first kappa shape index (κ1) is 40.0. The number of aromatic nitrogens is 1. The first-order valence-corrected chi connectivity index (χ1v) is 17.6. The summed E-state index contributed by atoms with van der Waals surface area (Å²) in [6, 6.07) is 7.13. The molecular weight excluding hydrogens is 668 g/mol. The van der Waals surface area contributed by atoms with Gasteiger partial charge >= 0.3 is 16.3 Å². The van der Waals surface area contributed by atoms with Crippen molar-refractivity contribution in [2.75, 3.05) is 27.7 Å². The molecule has 0 unspecified atom stereocenters. The molecule has 0 bridgehead atoms. The number of hydrogen-bond acceptors (Lipinski definition) is 10. The molecule has 1 aliphatic carbocycles. The molecule has 0 saturated heterocycles. The summed E-state index contributed by atoms with van der Waals surface area (Å²) in [5, 5.41) is 9.63. The van der Waals surface area contributed by atoms with Gasteiger partial charge in [-0.2, -0.15) is 12.7 Å². The number of nitrogens with zero attached hydrogens (tertiary/aromatic N) is 2. The minimum atomic E-state index is -4.10. The summed E-state index contributed by atoms with van der Waals surface area (Å²) in [5.41, 5.74) is -2.84. The first-order chi connectivity index (χ1) is 23.1. The topological polar surface area (TPSA) is 194 Å². The first-order valence-electron chi connectivity index (χ1n) is 16.2. The Morgan fingerprint density at radius 2 is 1.80 bits per heavy atom. The number of carbonyl (C=O) groups excluding carboxylic acids is 4. The molecule has 50 heavy (non-hydrogen) atoms. The number of nitrogens with one attached hydrogen (secondary N) is 4. The summed E-state index contributed by atoms with van der Waals surface area (Å²) in [7, 11) is -0.00221. The van der Waals surface area contributed by atoms with E-state index in [9.17, 15) is 27.6 Å². The van der Waals surface area contributed by atoms with Crippen LogP contribution in [0.25, 0.3) is 10.8 Å². The van der Waals surface area contributed by atoms with Gasteiger partial charge in [-0.1, -0.05) is 26.8 Å². The van der Waals surface area contributed by atoms with Crippen LogP contribution in [0.4, 0.5) is 4.79 Å². The van der Waals surface area contributed by atoms with E-state index in [0.717, 1.165) is 9.69 Å². The fourth-order valence-electron chi connectivity index (χ4n) is 5.02. The van der Waals surface area contributed by atoms with Crippen LogP contribution in [0.2, 0.25) is 0 Å². The van der Waals surface area contributed by atoms with Crippen LogP contribution in [0.1, 0.15) is 60.8 Å². The van der Waals surface area contributed by atoms with Crippen molar-refractivity contribution in [3.8, 4) is 11.6 Å². The Balaban J connectivity index is 1.82. The lowest BCUT2D eigenvalue weighted by atomic mass is 9.88. The van der Waals surface area contributed by atoms with E-state index in [1.165, 1.54) is 20.2 Å². The Morgan fingerprint density at radius 3 is 2.36 bits per heavy atom. The monoisotopic (exact) mass is 718 g/mol. The number of ether oxygens (including phenoxy) is 3. The Bertz CT molecular complexity index is 1700. The molecule has 1 aromatic carbocycles. The lowest BCUT2D eigenvalue weighted by Crippen LogP contribution is -2.53. The van der Waals surface area contributed by atoms with Crippen molar-refractivity contribution in [3.05, 3.63) is 43.1 Å². The van der Waals surface area contributed by atoms with Gasteiger partial charge in [0.05, 0.1) is 13.7 Å². The molecule has 3 rings (SSSR count). The van der Waals surface area contributed by atoms with Crippen LogP contribution >= 0.6 is 0 Å². The molecule has 1 aliphatic rings. The SMILES string of the molecule is C=C[C@@H]1C[C@]1(NC(=O)CC[C@H](CNC(=O)[C@@H](OC(=O)NC(C)(C)C)C(C)(C)C)Oc1nccc2cc(OC)ccc12)C(=O)NS(=O)(=O)N(C)C. The average Bonchev–Trinajstić information content (AvgIpc) is 3.73. The zero-order valence-corrected chi connectivity index (χ0v) is 31.0. The van der Waals surface area contributed by atoms with Gasteiger partial charge in [-0.25, -0.2) is 14.5 Å². The van der Waals surface area contributed by atoms with Crippen molar-refractivity contribution in [2.45, 2.75) is 84.1 Å². The van der Waals surface area contributed by atoms with Gasteiger partial charge in [0.25, 0.3) is 11.8 Å². The molecule has 4 atom stereocenters. The average molecular weight is 719 g/mol. The van der Waals surface area contributed by atoms with Crippen LogP contribution in [0.3, 0.4) is 0 Å². The van der Waals surface area contributed by atoms with E-state index in [2.05, 4.69) is 27.5 Å². The lowest BCUT2D eigenvalue weighted by Gasteiger charge is -2.31. The van der Waals surface area contributed by atoms with Crippen LogP contribution < -0.4 is 30.1 Å². The molecule has 1 saturated carbocycles. The predicted octanol–water partition coefficient (Wildman–Crippen LogP) is 2.81. The van der Waals surface area contributed by atoms with Crippen LogP contribution in [-0.2, 0) is 29.3 Å². The highest BCUT2D eigenvalue weighted by molar-refractivity contribution is 7.87. The van der Waals surface area contributed by atoms with Crippen molar-refractivity contribution in [1.29, 1.82) is 0 Å². The molecule has 15 nitrogen and oxygen atoms in total. The van der Waals surface area contributed by atoms with Crippen LogP contribution in [0.5, 0.6) is 11.6 Å². The van der Waals surface area contributed by atoms with Gasteiger partial charge in [0.15, 0.2) is 6.10 Å². The maximum atomic E-state index is 13.5. The van der Waals surface area contributed by atoms with Gasteiger partial charge in [0.1, 0.15) is 17.4 Å². The number of hydrogen-bond donors (Lipinski definition) is 4. The fraction of sp³-hybridized carbons (Fsp3) is 0.559. The van der Waals surface area contributed by atoms with Crippen molar-refractivity contribution in [3.63, 3.8) is 0 Å². The van der Waals surface area contributed by atoms with E-state index in [4.69, 9.17) is 14.2 Å². The molecule has 4 amide bonds. The standard InChI is InChI=1S/C34H50N6O9S/c1-11-22-19-34(22,30(43)39-50(45,46)40(8)9)37-26(41)15-13-24(48-29-25-14-12-23(47-10)18-21(25)16-17-35-29)20-36-28(42)27(32(2,3)4)49-31(44)38-33(5,6)7/h11-12,14,16-18,22,24,27H,1,13,15,19-20H2,2-10H3,(H,36,42)(H,37,41)(H,38,44)(H,39,43)/t22-,24-,27-,34-/m1/s1. The number of methoxy groups -OCH3 is 1. The summed E-state index contributed by atoms with van der Waals surface area (Å²) < 4.78 is 44.7. The Kier molecular flexibility index (Phi) is 12.5. The predicted molar refractivity (Wildman–Crippen MR) is 187 cm³/mol. The molecule has 276 valence electrons. The van der Waals surface area contributed by atoms with E-state index < -0.39 is 68.6 Å². The number of carbonyl (C=O) groups is 4. The third-order valence-electron chi connectivity index (χ3n) is 7.91. The minimum Gasteiger partial charge on any atom is -0.497 e. The van der Waals surface area contributed by atoms with Crippen molar-refractivity contribution in [2.24, 2.45) is 11.3 Å². The van der Waals surface area contributed by atoms with Crippen LogP contribution in [0, 0.1) is 11.3 Å². The fourth-order valence-corrected chi connectivity index (χ4v) is 5.62. The minimum absolute atomic E-state index is 0.0539. The second-order valence-electron chi connectivity index (χ2n) is 14.5. The summed E-state index contributed by atoms with van der Waals surface area (Å²) in [5.74, 6) is -1.58. The van der Waals surface area contributed by atoms with Gasteiger partial charge < -0.3 is 30.2 Å². The molecule has 16 heteroatoms. The molecule has 0 radical (unpaired) electrons. The van der Waals surface area contributed by atoms with E-state index in [-0.39, 0.29) is 31.7 Å². The molecule has 1 aromatic heterocycles. The van der Waals surface area contributed by atoms with Gasteiger partial charge in [-0.15, -0.1) is 6.58 Å². The Morgan fingerprint density at radius 1 is 1.12 bits per heavy atom. The van der Waals surface area contributed by atoms with Crippen molar-refractivity contribution in [1.82, 2.24) is 30.0 Å². The summed E-state index contributed by atoms with van der Waals surface area (Å²) in [6.45, 7) is 14.3. The highest BCUT2D eigenvalue weighted by Crippen LogP contribution is 2.45. The number of alkyl carbamates (subject to hydrolysis) is 1. The number of rotatable bonds is 15. The van der Waals surface area contributed by atoms with E-state index in [1.54, 1.807) is 73.0 Å². The molecule has 1 heterocycles.